The summed E-state index contributed by atoms with van der Waals surface area (Å²) in [6.45, 7) is 5.87. The van der Waals surface area contributed by atoms with Gasteiger partial charge in [0.15, 0.2) is 0 Å². The summed E-state index contributed by atoms with van der Waals surface area (Å²) >= 11 is 0. The van der Waals surface area contributed by atoms with Crippen molar-refractivity contribution in [1.82, 2.24) is 14.5 Å². The Morgan fingerprint density at radius 1 is 0.971 bits per heavy atom. The number of amides is 2. The van der Waals surface area contributed by atoms with Crippen molar-refractivity contribution in [2.75, 3.05) is 18.4 Å². The Bertz CT molecular complexity index is 1280. The maximum absolute atomic E-state index is 13.0. The summed E-state index contributed by atoms with van der Waals surface area (Å²) in [5.74, 6) is -0.189. The molecule has 0 unspecified atom stereocenters. The lowest BCUT2D eigenvalue weighted by molar-refractivity contribution is -0.116. The van der Waals surface area contributed by atoms with Gasteiger partial charge < -0.3 is 4.90 Å². The van der Waals surface area contributed by atoms with Gasteiger partial charge in [-0.05, 0) is 31.2 Å². The number of hydrogen-bond donors (Lipinski definition) is 1. The van der Waals surface area contributed by atoms with Crippen LogP contribution in [0.25, 0.3) is 16.9 Å². The van der Waals surface area contributed by atoms with Crippen molar-refractivity contribution in [2.24, 2.45) is 0 Å². The molecule has 4 rings (SSSR count). The van der Waals surface area contributed by atoms with E-state index in [-0.39, 0.29) is 24.9 Å². The molecule has 0 aliphatic carbocycles. The average molecular weight is 451 g/mol. The largest absolute Gasteiger partial charge is 0.326 e. The van der Waals surface area contributed by atoms with E-state index in [4.69, 9.17) is 0 Å². The maximum atomic E-state index is 13.0. The first-order valence-electron chi connectivity index (χ1n) is 11.0. The van der Waals surface area contributed by atoms with E-state index in [0.717, 1.165) is 22.5 Å². The molecular weight excluding hydrogens is 424 g/mol. The molecule has 1 aromatic heterocycles. The van der Waals surface area contributed by atoms with Crippen molar-refractivity contribution >= 4 is 17.8 Å². The minimum absolute atomic E-state index is 0.124. The molecule has 4 aromatic rings. The molecule has 2 amide bonds. The SMILES string of the molecule is C=CCN(CC(=O)Nc1nc(-c2ccccc2)cn1-c1ccc(C)cc1)C(=O)c1ccccc1. The molecule has 170 valence electrons. The van der Waals surface area contributed by atoms with Gasteiger partial charge in [0.2, 0.25) is 11.9 Å². The highest BCUT2D eigenvalue weighted by Crippen LogP contribution is 2.24. The number of aryl methyl sites for hydroxylation is 1. The Morgan fingerprint density at radius 3 is 2.26 bits per heavy atom. The molecule has 0 saturated heterocycles. The van der Waals surface area contributed by atoms with Crippen LogP contribution >= 0.6 is 0 Å². The summed E-state index contributed by atoms with van der Waals surface area (Å²) in [4.78, 5) is 32.1. The number of nitrogens with zero attached hydrogens (tertiary/aromatic N) is 3. The molecule has 0 fully saturated rings. The van der Waals surface area contributed by atoms with Gasteiger partial charge in [-0.2, -0.15) is 0 Å². The first kappa shape index (κ1) is 22.7. The smallest absolute Gasteiger partial charge is 0.254 e. The molecule has 3 aromatic carbocycles. The molecule has 34 heavy (non-hydrogen) atoms. The normalized spacial score (nSPS) is 10.5. The third kappa shape index (κ3) is 5.30. The lowest BCUT2D eigenvalue weighted by atomic mass is 10.2. The maximum Gasteiger partial charge on any atom is 0.254 e. The van der Waals surface area contributed by atoms with Crippen LogP contribution in [-0.4, -0.2) is 39.4 Å². The van der Waals surface area contributed by atoms with Gasteiger partial charge in [0.25, 0.3) is 5.91 Å². The summed E-state index contributed by atoms with van der Waals surface area (Å²) in [6.07, 6.45) is 3.50. The Morgan fingerprint density at radius 2 is 1.62 bits per heavy atom. The predicted octanol–water partition coefficient (Wildman–Crippen LogP) is 5.11. The Hall–Kier alpha value is -4.45. The zero-order chi connectivity index (χ0) is 23.9. The van der Waals surface area contributed by atoms with Gasteiger partial charge in [0.1, 0.15) is 6.54 Å². The van der Waals surface area contributed by atoms with Crippen LogP contribution in [0.3, 0.4) is 0 Å². The molecule has 6 heteroatoms. The summed E-state index contributed by atoms with van der Waals surface area (Å²) in [5, 5.41) is 2.89. The van der Waals surface area contributed by atoms with Gasteiger partial charge in [-0.1, -0.05) is 72.3 Å². The van der Waals surface area contributed by atoms with Crippen LogP contribution in [-0.2, 0) is 4.79 Å². The number of benzene rings is 3. The van der Waals surface area contributed by atoms with E-state index in [0.29, 0.717) is 11.5 Å². The van der Waals surface area contributed by atoms with Crippen LogP contribution in [0.5, 0.6) is 0 Å². The summed E-state index contributed by atoms with van der Waals surface area (Å²) in [7, 11) is 0. The second kappa shape index (κ2) is 10.4. The zero-order valence-corrected chi connectivity index (χ0v) is 19.0. The lowest BCUT2D eigenvalue weighted by Crippen LogP contribution is -2.38. The van der Waals surface area contributed by atoms with E-state index < -0.39 is 0 Å². The molecule has 0 aliphatic heterocycles. The van der Waals surface area contributed by atoms with E-state index in [1.807, 2.05) is 78.4 Å². The fourth-order valence-electron chi connectivity index (χ4n) is 3.59. The molecule has 1 N–H and O–H groups in total. The minimum Gasteiger partial charge on any atom is -0.326 e. The molecule has 0 atom stereocenters. The van der Waals surface area contributed by atoms with Crippen LogP contribution in [0.2, 0.25) is 0 Å². The number of imidazole rings is 1. The van der Waals surface area contributed by atoms with Crippen molar-refractivity contribution in [3.8, 4) is 16.9 Å². The Labute approximate surface area is 199 Å². The number of aromatic nitrogens is 2. The van der Waals surface area contributed by atoms with Crippen LogP contribution in [0.15, 0.2) is 104 Å². The lowest BCUT2D eigenvalue weighted by Gasteiger charge is -2.20. The molecule has 0 spiro atoms. The van der Waals surface area contributed by atoms with E-state index in [1.54, 1.807) is 30.3 Å². The van der Waals surface area contributed by atoms with E-state index in [1.165, 1.54) is 4.90 Å². The molecule has 6 nitrogen and oxygen atoms in total. The van der Waals surface area contributed by atoms with Gasteiger partial charge in [0, 0.05) is 29.6 Å². The number of rotatable bonds is 8. The standard InChI is InChI=1S/C28H26N4O2/c1-3-18-31(27(34)23-12-8-5-9-13-23)20-26(33)30-28-29-25(22-10-6-4-7-11-22)19-32(28)24-16-14-21(2)15-17-24/h3-17,19H,1,18,20H2,2H3,(H,29,30,33). The molecular formula is C28H26N4O2. The van der Waals surface area contributed by atoms with Crippen LogP contribution in [0.4, 0.5) is 5.95 Å². The number of nitrogens with one attached hydrogen (secondary N) is 1. The third-order valence-electron chi connectivity index (χ3n) is 5.33. The van der Waals surface area contributed by atoms with Crippen LogP contribution in [0.1, 0.15) is 15.9 Å². The summed E-state index contributed by atoms with van der Waals surface area (Å²) in [6, 6.07) is 26.6. The molecule has 0 saturated carbocycles. The summed E-state index contributed by atoms with van der Waals surface area (Å²) < 4.78 is 1.84. The van der Waals surface area contributed by atoms with Gasteiger partial charge in [-0.25, -0.2) is 4.98 Å². The fraction of sp³-hybridized carbons (Fsp3) is 0.107. The van der Waals surface area contributed by atoms with Crippen molar-refractivity contribution in [3.63, 3.8) is 0 Å². The zero-order valence-electron chi connectivity index (χ0n) is 19.0. The second-order valence-corrected chi connectivity index (χ2v) is 7.91. The highest BCUT2D eigenvalue weighted by molar-refractivity contribution is 5.99. The van der Waals surface area contributed by atoms with Crippen molar-refractivity contribution in [3.05, 3.63) is 115 Å². The summed E-state index contributed by atoms with van der Waals surface area (Å²) in [5.41, 5.74) is 4.21. The van der Waals surface area contributed by atoms with Gasteiger partial charge in [0.05, 0.1) is 5.69 Å². The quantitative estimate of drug-likeness (QED) is 0.379. The van der Waals surface area contributed by atoms with Gasteiger partial charge in [-0.15, -0.1) is 6.58 Å². The predicted molar refractivity (Wildman–Crippen MR) is 135 cm³/mol. The average Bonchev–Trinajstić information content (AvgIpc) is 3.28. The van der Waals surface area contributed by atoms with Crippen LogP contribution in [0, 0.1) is 6.92 Å². The first-order chi connectivity index (χ1) is 16.5. The topological polar surface area (TPSA) is 67.2 Å². The van der Waals surface area contributed by atoms with Crippen molar-refractivity contribution < 1.29 is 9.59 Å². The van der Waals surface area contributed by atoms with E-state index >= 15 is 0 Å². The molecule has 0 bridgehead atoms. The number of hydrogen-bond acceptors (Lipinski definition) is 3. The Kier molecular flexibility index (Phi) is 6.98. The highest BCUT2D eigenvalue weighted by atomic mass is 16.2. The van der Waals surface area contributed by atoms with Crippen molar-refractivity contribution in [2.45, 2.75) is 6.92 Å². The fourth-order valence-corrected chi connectivity index (χ4v) is 3.59. The Balaban J connectivity index is 1.60. The van der Waals surface area contributed by atoms with Crippen molar-refractivity contribution in [1.29, 1.82) is 0 Å². The first-order valence-corrected chi connectivity index (χ1v) is 11.0. The van der Waals surface area contributed by atoms with Gasteiger partial charge in [-0.3, -0.25) is 19.5 Å². The minimum atomic E-state index is -0.343. The number of anilines is 1. The van der Waals surface area contributed by atoms with Gasteiger partial charge >= 0.3 is 0 Å². The molecule has 0 aliphatic rings. The number of carbonyl (C=O) groups excluding carboxylic acids is 2. The van der Waals surface area contributed by atoms with E-state index in [9.17, 15) is 9.59 Å². The highest BCUT2D eigenvalue weighted by Gasteiger charge is 2.20. The van der Waals surface area contributed by atoms with E-state index in [2.05, 4.69) is 16.9 Å². The molecule has 0 radical (unpaired) electrons. The van der Waals surface area contributed by atoms with Crippen LogP contribution < -0.4 is 5.32 Å². The third-order valence-corrected chi connectivity index (χ3v) is 5.33. The monoisotopic (exact) mass is 450 g/mol. The number of carbonyl (C=O) groups is 2. The molecule has 1 heterocycles. The second-order valence-electron chi connectivity index (χ2n) is 7.91.